The minimum absolute atomic E-state index is 0.0503. The normalized spacial score (nSPS) is 15.0. The van der Waals surface area contributed by atoms with Gasteiger partial charge in [0.1, 0.15) is 17.9 Å². The number of H-pyrrole nitrogens is 1. The smallest absolute Gasteiger partial charge is 0.320 e. The Hall–Kier alpha value is -3.52. The number of nitriles is 1. The molecule has 1 N–H and O–H groups in total. The Morgan fingerprint density at radius 1 is 1.28 bits per heavy atom. The van der Waals surface area contributed by atoms with E-state index >= 15 is 0 Å². The van der Waals surface area contributed by atoms with Gasteiger partial charge in [0.15, 0.2) is 10.8 Å². The van der Waals surface area contributed by atoms with Gasteiger partial charge >= 0.3 is 6.18 Å². The van der Waals surface area contributed by atoms with Crippen LogP contribution in [0.3, 0.4) is 0 Å². The molecule has 1 fully saturated rings. The molecule has 164 valence electrons. The zero-order chi connectivity index (χ0) is 23.1. The number of rotatable bonds is 4. The van der Waals surface area contributed by atoms with Crippen LogP contribution in [0.4, 0.5) is 24.5 Å². The molecule has 0 bridgehead atoms. The molecule has 4 rings (SSSR count). The lowest BCUT2D eigenvalue weighted by Gasteiger charge is -2.48. The molecule has 0 atom stereocenters. The van der Waals surface area contributed by atoms with E-state index in [1.807, 2.05) is 6.07 Å². The second-order valence-electron chi connectivity index (χ2n) is 7.59. The third-order valence-electron chi connectivity index (χ3n) is 5.72. The van der Waals surface area contributed by atoms with E-state index in [0.29, 0.717) is 18.5 Å². The van der Waals surface area contributed by atoms with Crippen molar-refractivity contribution >= 4 is 45.9 Å². The maximum Gasteiger partial charge on any atom is 0.419 e. The summed E-state index contributed by atoms with van der Waals surface area (Å²) in [4.78, 5) is 18.8. The molecule has 2 heterocycles. The molecular formula is C21H17F3N6OS. The first-order valence-corrected chi connectivity index (χ1v) is 10.1. The van der Waals surface area contributed by atoms with E-state index in [9.17, 15) is 18.0 Å². The number of aromatic nitrogens is 3. The van der Waals surface area contributed by atoms with Gasteiger partial charge in [0.25, 0.3) is 0 Å². The highest BCUT2D eigenvalue weighted by Crippen LogP contribution is 2.41. The van der Waals surface area contributed by atoms with Crippen LogP contribution in [-0.4, -0.2) is 39.2 Å². The number of nitrogens with one attached hydrogen (secondary N) is 1. The van der Waals surface area contributed by atoms with Crippen molar-refractivity contribution in [2.45, 2.75) is 31.0 Å². The lowest BCUT2D eigenvalue weighted by molar-refractivity contribution is -0.138. The van der Waals surface area contributed by atoms with Gasteiger partial charge in [-0.15, -0.1) is 0 Å². The van der Waals surface area contributed by atoms with Crippen molar-refractivity contribution in [3.63, 3.8) is 0 Å². The SMILES string of the molecule is CN(C(=S)N(c1ccc2cn[nH]c2c1)C1(C=O)CCC1)c1cnc(C#N)c(C(F)(F)F)c1. The summed E-state index contributed by atoms with van der Waals surface area (Å²) >= 11 is 5.67. The van der Waals surface area contributed by atoms with Crippen LogP contribution >= 0.6 is 12.2 Å². The quantitative estimate of drug-likeness (QED) is 0.463. The van der Waals surface area contributed by atoms with Crippen LogP contribution in [0.2, 0.25) is 0 Å². The molecular weight excluding hydrogens is 441 g/mol. The second kappa shape index (κ2) is 7.87. The molecule has 1 saturated carbocycles. The minimum atomic E-state index is -4.75. The van der Waals surface area contributed by atoms with Crippen molar-refractivity contribution in [2.24, 2.45) is 0 Å². The average Bonchev–Trinajstić information content (AvgIpc) is 3.22. The molecule has 1 aromatic carbocycles. The average molecular weight is 458 g/mol. The van der Waals surface area contributed by atoms with Gasteiger partial charge in [-0.3, -0.25) is 5.10 Å². The molecule has 0 unspecified atom stereocenters. The third-order valence-corrected chi connectivity index (χ3v) is 6.17. The van der Waals surface area contributed by atoms with Crippen LogP contribution in [0.25, 0.3) is 10.9 Å². The number of aromatic amines is 1. The van der Waals surface area contributed by atoms with Crippen LogP contribution in [-0.2, 0) is 11.0 Å². The fourth-order valence-electron chi connectivity index (χ4n) is 3.76. The van der Waals surface area contributed by atoms with E-state index in [0.717, 1.165) is 35.9 Å². The Morgan fingerprint density at radius 2 is 2.03 bits per heavy atom. The number of hydrogen-bond donors (Lipinski definition) is 1. The van der Waals surface area contributed by atoms with Crippen molar-refractivity contribution < 1.29 is 18.0 Å². The van der Waals surface area contributed by atoms with Crippen LogP contribution in [0.15, 0.2) is 36.7 Å². The van der Waals surface area contributed by atoms with Gasteiger partial charge in [-0.2, -0.15) is 23.5 Å². The predicted molar refractivity (Wildman–Crippen MR) is 116 cm³/mol. The highest BCUT2D eigenvalue weighted by Gasteiger charge is 2.45. The van der Waals surface area contributed by atoms with Crippen molar-refractivity contribution in [1.82, 2.24) is 15.2 Å². The summed E-state index contributed by atoms with van der Waals surface area (Å²) < 4.78 is 40.3. The Balaban J connectivity index is 1.78. The van der Waals surface area contributed by atoms with Gasteiger partial charge in [0.05, 0.1) is 29.2 Å². The molecule has 3 aromatic rings. The van der Waals surface area contributed by atoms with Crippen LogP contribution < -0.4 is 9.80 Å². The number of fused-ring (bicyclic) bond motifs is 1. The summed E-state index contributed by atoms with van der Waals surface area (Å²) in [6, 6.07) is 7.71. The van der Waals surface area contributed by atoms with Gasteiger partial charge in [0.2, 0.25) is 0 Å². The fraction of sp³-hybridized carbons (Fsp3) is 0.286. The van der Waals surface area contributed by atoms with Gasteiger partial charge in [0, 0.05) is 18.1 Å². The second-order valence-corrected chi connectivity index (χ2v) is 7.96. The van der Waals surface area contributed by atoms with E-state index in [-0.39, 0.29) is 10.8 Å². The number of hydrogen-bond acceptors (Lipinski definition) is 5. The van der Waals surface area contributed by atoms with E-state index in [4.69, 9.17) is 17.5 Å². The highest BCUT2D eigenvalue weighted by atomic mass is 32.1. The number of nitrogens with zero attached hydrogens (tertiary/aromatic N) is 5. The molecule has 7 nitrogen and oxygen atoms in total. The Morgan fingerprint density at radius 3 is 2.62 bits per heavy atom. The van der Waals surface area contributed by atoms with Crippen LogP contribution in [0.5, 0.6) is 0 Å². The Bertz CT molecular complexity index is 1240. The summed E-state index contributed by atoms with van der Waals surface area (Å²) in [5.41, 5.74) is -1.36. The molecule has 2 aromatic heterocycles. The highest BCUT2D eigenvalue weighted by molar-refractivity contribution is 7.80. The van der Waals surface area contributed by atoms with E-state index in [2.05, 4.69) is 15.2 Å². The number of pyridine rings is 1. The molecule has 0 aliphatic heterocycles. The van der Waals surface area contributed by atoms with Gasteiger partial charge in [-0.25, -0.2) is 4.98 Å². The lowest BCUT2D eigenvalue weighted by atomic mass is 9.76. The van der Waals surface area contributed by atoms with Crippen molar-refractivity contribution in [3.8, 4) is 6.07 Å². The lowest BCUT2D eigenvalue weighted by Crippen LogP contribution is -2.60. The van der Waals surface area contributed by atoms with Crippen molar-refractivity contribution in [2.75, 3.05) is 16.8 Å². The number of carbonyl (C=O) groups excluding carboxylic acids is 1. The maximum absolute atomic E-state index is 13.4. The largest absolute Gasteiger partial charge is 0.419 e. The zero-order valence-electron chi connectivity index (χ0n) is 16.8. The third kappa shape index (κ3) is 3.56. The molecule has 0 saturated heterocycles. The van der Waals surface area contributed by atoms with Crippen molar-refractivity contribution in [1.29, 1.82) is 5.26 Å². The number of halogens is 3. The van der Waals surface area contributed by atoms with E-state index < -0.39 is 23.0 Å². The summed E-state index contributed by atoms with van der Waals surface area (Å²) in [6.07, 6.45) is 0.852. The Kier molecular flexibility index (Phi) is 5.34. The number of carbonyl (C=O) groups is 1. The number of thiocarbonyl (C=S) groups is 1. The summed E-state index contributed by atoms with van der Waals surface area (Å²) in [7, 11) is 1.50. The molecule has 0 spiro atoms. The first-order chi connectivity index (χ1) is 15.2. The van der Waals surface area contributed by atoms with Gasteiger partial charge in [-0.1, -0.05) is 0 Å². The minimum Gasteiger partial charge on any atom is -0.320 e. The standard InChI is InChI=1S/C21H17F3N6OS/c1-29(15-7-16(21(22,23)24)18(9-25)26-11-15)19(32)30(20(12-31)5-2-6-20)14-4-3-13-10-27-28-17(13)8-14/h3-4,7-8,10-12H,2,5-6H2,1H3,(H,27,28). The number of alkyl halides is 3. The van der Waals surface area contributed by atoms with E-state index in [1.165, 1.54) is 18.0 Å². The molecule has 32 heavy (non-hydrogen) atoms. The molecule has 11 heteroatoms. The zero-order valence-corrected chi connectivity index (χ0v) is 17.7. The number of benzene rings is 1. The summed E-state index contributed by atoms with van der Waals surface area (Å²) in [5.74, 6) is 0. The summed E-state index contributed by atoms with van der Waals surface area (Å²) in [5, 5.41) is 16.9. The Labute approximate surface area is 186 Å². The monoisotopic (exact) mass is 458 g/mol. The topological polar surface area (TPSA) is 88.9 Å². The summed E-state index contributed by atoms with van der Waals surface area (Å²) in [6.45, 7) is 0. The fourth-order valence-corrected chi connectivity index (χ4v) is 4.15. The molecule has 0 radical (unpaired) electrons. The van der Waals surface area contributed by atoms with Crippen LogP contribution in [0, 0.1) is 11.3 Å². The number of aldehydes is 1. The molecule has 1 aliphatic rings. The molecule has 0 amide bonds. The molecule has 1 aliphatic carbocycles. The van der Waals surface area contributed by atoms with Crippen molar-refractivity contribution in [3.05, 3.63) is 47.9 Å². The maximum atomic E-state index is 13.4. The number of anilines is 2. The predicted octanol–water partition coefficient (Wildman–Crippen LogP) is 4.20. The van der Waals surface area contributed by atoms with E-state index in [1.54, 1.807) is 23.2 Å². The van der Waals surface area contributed by atoms with Gasteiger partial charge in [-0.05, 0) is 55.7 Å². The first kappa shape index (κ1) is 21.7. The first-order valence-electron chi connectivity index (χ1n) is 9.65. The van der Waals surface area contributed by atoms with Gasteiger partial charge < -0.3 is 14.6 Å². The van der Waals surface area contributed by atoms with Crippen LogP contribution in [0.1, 0.15) is 30.5 Å².